The van der Waals surface area contributed by atoms with Gasteiger partial charge in [0.05, 0.1) is 32.5 Å². The van der Waals surface area contributed by atoms with Gasteiger partial charge < -0.3 is 15.0 Å². The number of fused-ring (bicyclic) bond motifs is 1. The third-order valence-electron chi connectivity index (χ3n) is 9.36. The van der Waals surface area contributed by atoms with Gasteiger partial charge in [0.1, 0.15) is 6.04 Å². The van der Waals surface area contributed by atoms with Crippen molar-refractivity contribution in [2.24, 2.45) is 0 Å². The van der Waals surface area contributed by atoms with Gasteiger partial charge in [-0.25, -0.2) is 4.57 Å². The first-order chi connectivity index (χ1) is 24.7. The van der Waals surface area contributed by atoms with Gasteiger partial charge in [0.2, 0.25) is 11.8 Å². The molecule has 2 fully saturated rings. The van der Waals surface area contributed by atoms with Crippen molar-refractivity contribution in [3.63, 3.8) is 0 Å². The van der Waals surface area contributed by atoms with Gasteiger partial charge in [0.15, 0.2) is 0 Å². The molecule has 3 aromatic rings. The van der Waals surface area contributed by atoms with Crippen molar-refractivity contribution in [3.05, 3.63) is 100 Å². The molecule has 3 amide bonds. The van der Waals surface area contributed by atoms with E-state index < -0.39 is 18.7 Å². The summed E-state index contributed by atoms with van der Waals surface area (Å²) in [5.74, 6) is -1.03. The number of benzene rings is 3. The number of anilines is 1. The summed E-state index contributed by atoms with van der Waals surface area (Å²) in [5, 5.41) is 6.26. The summed E-state index contributed by atoms with van der Waals surface area (Å²) in [5.41, 5.74) is 4.45. The Morgan fingerprint density at radius 3 is 2.35 bits per heavy atom. The van der Waals surface area contributed by atoms with Gasteiger partial charge in [-0.2, -0.15) is 0 Å². The molecule has 15 heteroatoms. The molecule has 0 aromatic heterocycles. The standard InChI is InChI=1S/C36H43ClN5O7PS/c37-28-11-9-27(10-12-28)34(26-5-2-1-3-6-26)41-18-16-40(17-19-41)20-22-47-23-24-49-50(46,51)48-21-15-38-31-8-4-7-29-30(31)25-42(36(29)45)32-13-14-33(43)39-35(32)44/h1-12,32,34,38H,13-25H2,(H,46,51)(H,39,43,44)/t32?,34?,50-/m0/s1. The van der Waals surface area contributed by atoms with Gasteiger partial charge in [-0.05, 0) is 41.8 Å². The molecule has 2 N–H and O–H groups in total. The van der Waals surface area contributed by atoms with Crippen molar-refractivity contribution in [3.8, 4) is 0 Å². The quantitative estimate of drug-likeness (QED) is 0.0795. The zero-order valence-corrected chi connectivity index (χ0v) is 30.8. The van der Waals surface area contributed by atoms with Crippen LogP contribution in [0.25, 0.3) is 0 Å². The van der Waals surface area contributed by atoms with E-state index in [0.717, 1.165) is 43.3 Å². The van der Waals surface area contributed by atoms with Crippen LogP contribution in [0.2, 0.25) is 5.02 Å². The molecule has 0 bridgehead atoms. The van der Waals surface area contributed by atoms with E-state index in [9.17, 15) is 18.9 Å². The lowest BCUT2D eigenvalue weighted by molar-refractivity contribution is -0.136. The Kier molecular flexibility index (Phi) is 12.9. The van der Waals surface area contributed by atoms with E-state index in [-0.39, 0.29) is 57.2 Å². The number of carbonyl (C=O) groups is 3. The second kappa shape index (κ2) is 17.5. The molecule has 2 saturated heterocycles. The number of imide groups is 1. The highest BCUT2D eigenvalue weighted by Crippen LogP contribution is 2.52. The fraction of sp³-hybridized carbons (Fsp3) is 0.417. The number of ether oxygens (including phenoxy) is 1. The topological polar surface area (TPSA) is 130 Å². The van der Waals surface area contributed by atoms with Gasteiger partial charge in [-0.1, -0.05) is 72.4 Å². The van der Waals surface area contributed by atoms with Crippen LogP contribution in [0.1, 0.15) is 45.9 Å². The molecule has 3 atom stereocenters. The van der Waals surface area contributed by atoms with E-state index in [4.69, 9.17) is 25.4 Å². The summed E-state index contributed by atoms with van der Waals surface area (Å²) in [6.45, 7) is 2.29. The van der Waals surface area contributed by atoms with Crippen LogP contribution in [0.4, 0.5) is 5.69 Å². The van der Waals surface area contributed by atoms with Crippen LogP contribution in [0.3, 0.4) is 0 Å². The second-order valence-electron chi connectivity index (χ2n) is 12.6. The van der Waals surface area contributed by atoms with Crippen LogP contribution < -0.4 is 10.6 Å². The molecule has 0 aliphatic carbocycles. The second-order valence-corrected chi connectivity index (χ2v) is 16.0. The number of nitrogens with zero attached hydrogens (tertiary/aromatic N) is 3. The minimum atomic E-state index is -3.61. The number of hydrogen-bond acceptors (Lipinski definition) is 10. The van der Waals surface area contributed by atoms with Crippen LogP contribution in [0.15, 0.2) is 72.8 Å². The van der Waals surface area contributed by atoms with E-state index in [1.807, 2.05) is 24.3 Å². The van der Waals surface area contributed by atoms with Gasteiger partial charge in [-0.15, -0.1) is 0 Å². The van der Waals surface area contributed by atoms with E-state index >= 15 is 0 Å². The average molecular weight is 756 g/mol. The molecule has 6 rings (SSSR count). The molecular weight excluding hydrogens is 713 g/mol. The number of piperazine rings is 1. The molecular formula is C36H43ClN5O7PS. The molecule has 3 aromatic carbocycles. The zero-order chi connectivity index (χ0) is 35.8. The number of halogens is 1. The van der Waals surface area contributed by atoms with Crippen LogP contribution in [0.5, 0.6) is 0 Å². The number of rotatable bonds is 16. The Labute approximate surface area is 308 Å². The molecule has 2 unspecified atom stereocenters. The van der Waals surface area contributed by atoms with Crippen molar-refractivity contribution in [1.82, 2.24) is 20.0 Å². The monoisotopic (exact) mass is 755 g/mol. The maximum absolute atomic E-state index is 13.0. The summed E-state index contributed by atoms with van der Waals surface area (Å²) in [6, 6.07) is 23.4. The maximum Gasteiger partial charge on any atom is 0.386 e. The highest BCUT2D eigenvalue weighted by molar-refractivity contribution is 8.44. The van der Waals surface area contributed by atoms with Gasteiger partial charge in [0, 0.05) is 74.1 Å². The Morgan fingerprint density at radius 2 is 1.61 bits per heavy atom. The lowest BCUT2D eigenvalue weighted by atomic mass is 9.96. The van der Waals surface area contributed by atoms with Crippen molar-refractivity contribution in [2.45, 2.75) is 31.5 Å². The first kappa shape index (κ1) is 37.5. The van der Waals surface area contributed by atoms with Crippen LogP contribution in [0, 0.1) is 0 Å². The third kappa shape index (κ3) is 9.79. The Balaban J connectivity index is 0.864. The fourth-order valence-electron chi connectivity index (χ4n) is 6.78. The minimum absolute atomic E-state index is 0.0469. The molecule has 3 aliphatic heterocycles. The predicted molar refractivity (Wildman–Crippen MR) is 198 cm³/mol. The highest BCUT2D eigenvalue weighted by atomic mass is 35.5. The number of nitrogens with one attached hydrogen (secondary N) is 2. The number of carbonyl (C=O) groups excluding carboxylic acids is 3. The van der Waals surface area contributed by atoms with Crippen molar-refractivity contribution >= 4 is 54.1 Å². The third-order valence-corrected chi connectivity index (χ3v) is 11.3. The van der Waals surface area contributed by atoms with Crippen molar-refractivity contribution < 1.29 is 32.7 Å². The number of piperidine rings is 1. The number of hydrogen-bond donors (Lipinski definition) is 3. The zero-order valence-electron chi connectivity index (χ0n) is 28.2. The normalized spacial score (nSPS) is 20.2. The molecule has 0 radical (unpaired) electrons. The summed E-state index contributed by atoms with van der Waals surface area (Å²) in [4.78, 5) is 43.3. The summed E-state index contributed by atoms with van der Waals surface area (Å²) in [6.07, 6.45) is 0.487. The molecule has 0 saturated carbocycles. The Bertz CT molecular complexity index is 1730. The van der Waals surface area contributed by atoms with E-state index in [1.54, 1.807) is 12.1 Å². The van der Waals surface area contributed by atoms with Crippen LogP contribution in [-0.4, -0.2) is 104 Å². The van der Waals surface area contributed by atoms with Gasteiger partial charge >= 0.3 is 6.80 Å². The molecule has 272 valence electrons. The molecule has 0 spiro atoms. The van der Waals surface area contributed by atoms with Crippen LogP contribution >= 0.6 is 30.6 Å². The summed E-state index contributed by atoms with van der Waals surface area (Å²) >= 11 is 10.3. The largest absolute Gasteiger partial charge is 0.386 e. The lowest BCUT2D eigenvalue weighted by Gasteiger charge is -2.39. The van der Waals surface area contributed by atoms with Crippen LogP contribution in [-0.2, 0) is 34.5 Å². The smallest absolute Gasteiger partial charge is 0.382 e. The molecule has 3 heterocycles. The first-order valence-electron chi connectivity index (χ1n) is 17.2. The summed E-state index contributed by atoms with van der Waals surface area (Å²) in [7, 11) is 0. The molecule has 51 heavy (non-hydrogen) atoms. The Hall–Kier alpha value is -3.26. The molecule has 12 nitrogen and oxygen atoms in total. The van der Waals surface area contributed by atoms with Gasteiger partial charge in [0.25, 0.3) is 5.91 Å². The summed E-state index contributed by atoms with van der Waals surface area (Å²) < 4.78 is 29.3. The van der Waals surface area contributed by atoms with Crippen molar-refractivity contribution in [2.75, 3.05) is 71.0 Å². The highest BCUT2D eigenvalue weighted by Gasteiger charge is 2.40. The Morgan fingerprint density at radius 1 is 0.882 bits per heavy atom. The fourth-order valence-corrected chi connectivity index (χ4v) is 8.10. The molecule has 3 aliphatic rings. The van der Waals surface area contributed by atoms with Gasteiger partial charge in [-0.3, -0.25) is 38.5 Å². The van der Waals surface area contributed by atoms with E-state index in [0.29, 0.717) is 24.3 Å². The number of thiol groups is 1. The number of amides is 3. The van der Waals surface area contributed by atoms with Crippen molar-refractivity contribution in [1.29, 1.82) is 0 Å². The minimum Gasteiger partial charge on any atom is -0.382 e. The SMILES string of the molecule is O=C1CCC(N2Cc3c(NCCO[P@](=O)(S)OCCOCCN4CCN(C(c5ccccc5)c5ccc(Cl)cc5)CC4)cccc3C2=O)C(=O)N1. The first-order valence-corrected chi connectivity index (χ1v) is 20.2. The predicted octanol–water partition coefficient (Wildman–Crippen LogP) is 5.01. The van der Waals surface area contributed by atoms with E-state index in [1.165, 1.54) is 16.0 Å². The lowest BCUT2D eigenvalue weighted by Crippen LogP contribution is -2.52. The average Bonchev–Trinajstić information content (AvgIpc) is 3.46. The van der Waals surface area contributed by atoms with E-state index in [2.05, 4.69) is 69.1 Å². The maximum atomic E-state index is 13.0.